The van der Waals surface area contributed by atoms with Crippen LogP contribution in [0.5, 0.6) is 11.5 Å². The van der Waals surface area contributed by atoms with Crippen LogP contribution in [0, 0.1) is 13.8 Å². The maximum atomic E-state index is 5.85. The number of hydrogen-bond donors (Lipinski definition) is 0. The molecular weight excluding hydrogens is 339 g/mol. The highest BCUT2D eigenvalue weighted by Gasteiger charge is 2.24. The van der Waals surface area contributed by atoms with E-state index < -0.39 is 6.72 Å². The first-order valence-electron chi connectivity index (χ1n) is 6.84. The zero-order chi connectivity index (χ0) is 16.0. The van der Waals surface area contributed by atoms with Crippen LogP contribution in [0.3, 0.4) is 0 Å². The van der Waals surface area contributed by atoms with Crippen molar-refractivity contribution in [3.05, 3.63) is 59.7 Å². The molecule has 0 aliphatic heterocycles. The Morgan fingerprint density at radius 2 is 1.45 bits per heavy atom. The highest BCUT2D eigenvalue weighted by atomic mass is 35.5. The van der Waals surface area contributed by atoms with Crippen molar-refractivity contribution in [1.29, 1.82) is 0 Å². The fourth-order valence-corrected chi connectivity index (χ4v) is 3.95. The van der Waals surface area contributed by atoms with Gasteiger partial charge in [-0.15, -0.1) is 11.6 Å². The molecule has 0 atom stereocenters. The molecule has 0 radical (unpaired) electrons. The van der Waals surface area contributed by atoms with E-state index in [2.05, 4.69) is 0 Å². The normalized spacial score (nSPS) is 11.2. The van der Waals surface area contributed by atoms with Gasteiger partial charge in [-0.3, -0.25) is 4.52 Å². The molecule has 0 N–H and O–H groups in total. The van der Waals surface area contributed by atoms with Gasteiger partial charge in [0, 0.05) is 17.7 Å². The van der Waals surface area contributed by atoms with Gasteiger partial charge in [0.05, 0.1) is 6.61 Å². The van der Waals surface area contributed by atoms with Crippen molar-refractivity contribution >= 4 is 30.1 Å². The topological polar surface area (TPSA) is 27.7 Å². The van der Waals surface area contributed by atoms with E-state index in [0.29, 0.717) is 17.4 Å². The summed E-state index contributed by atoms with van der Waals surface area (Å²) in [4.78, 5) is 0. The van der Waals surface area contributed by atoms with Crippen LogP contribution in [0.2, 0.25) is 0 Å². The molecular formula is C16H18ClO3PS. The lowest BCUT2D eigenvalue weighted by Crippen LogP contribution is -2.06. The predicted octanol–water partition coefficient (Wildman–Crippen LogP) is 5.24. The van der Waals surface area contributed by atoms with Crippen LogP contribution < -0.4 is 9.05 Å². The highest BCUT2D eigenvalue weighted by Crippen LogP contribution is 2.50. The minimum atomic E-state index is -2.97. The van der Waals surface area contributed by atoms with E-state index >= 15 is 0 Å². The molecule has 0 heterocycles. The van der Waals surface area contributed by atoms with E-state index in [1.54, 1.807) is 0 Å². The molecule has 6 heteroatoms. The summed E-state index contributed by atoms with van der Waals surface area (Å²) in [6, 6.07) is 15.2. The van der Waals surface area contributed by atoms with Gasteiger partial charge in [0.2, 0.25) is 0 Å². The Morgan fingerprint density at radius 3 is 1.86 bits per heavy atom. The molecule has 0 saturated heterocycles. The van der Waals surface area contributed by atoms with Crippen molar-refractivity contribution in [1.82, 2.24) is 0 Å². The monoisotopic (exact) mass is 356 g/mol. The summed E-state index contributed by atoms with van der Waals surface area (Å²) in [5.74, 6) is 1.59. The van der Waals surface area contributed by atoms with Gasteiger partial charge in [-0.2, -0.15) is 0 Å². The fraction of sp³-hybridized carbons (Fsp3) is 0.250. The Balaban J connectivity index is 2.21. The van der Waals surface area contributed by atoms with Crippen LogP contribution in [0.4, 0.5) is 0 Å². The first kappa shape index (κ1) is 17.3. The molecule has 2 aromatic rings. The quantitative estimate of drug-likeness (QED) is 0.501. The van der Waals surface area contributed by atoms with Crippen molar-refractivity contribution < 1.29 is 13.6 Å². The third-order valence-corrected chi connectivity index (χ3v) is 5.03. The summed E-state index contributed by atoms with van der Waals surface area (Å²) in [5, 5.41) is 0. The standard InChI is InChI=1S/C16H18ClO3PS/c1-13-5-3-7-15(11-13)19-21(22,18-10-9-17)20-16-8-4-6-14(2)12-16/h3-8,11-12H,9-10H2,1-2H3. The first-order chi connectivity index (χ1) is 10.5. The predicted molar refractivity (Wildman–Crippen MR) is 94.6 cm³/mol. The Kier molecular flexibility index (Phi) is 6.27. The smallest absolute Gasteiger partial charge is 0.416 e. The molecule has 0 aliphatic carbocycles. The molecule has 2 aromatic carbocycles. The van der Waals surface area contributed by atoms with Crippen LogP contribution in [0.15, 0.2) is 48.5 Å². The number of aryl methyl sites for hydroxylation is 2. The van der Waals surface area contributed by atoms with E-state index in [0.717, 1.165) is 11.1 Å². The summed E-state index contributed by atoms with van der Waals surface area (Å²) in [5.41, 5.74) is 2.15. The molecule has 0 bridgehead atoms. The maximum Gasteiger partial charge on any atom is 0.434 e. The minimum Gasteiger partial charge on any atom is -0.416 e. The number of rotatable bonds is 7. The van der Waals surface area contributed by atoms with Gasteiger partial charge in [0.15, 0.2) is 0 Å². The molecule has 118 valence electrons. The van der Waals surface area contributed by atoms with Gasteiger partial charge in [-0.1, -0.05) is 24.3 Å². The number of benzene rings is 2. The van der Waals surface area contributed by atoms with E-state index in [1.807, 2.05) is 62.4 Å². The van der Waals surface area contributed by atoms with Crippen LogP contribution in [-0.4, -0.2) is 12.5 Å². The van der Waals surface area contributed by atoms with E-state index in [1.165, 1.54) is 0 Å². The number of hydrogen-bond acceptors (Lipinski definition) is 4. The van der Waals surface area contributed by atoms with Crippen molar-refractivity contribution in [2.75, 3.05) is 12.5 Å². The molecule has 0 unspecified atom stereocenters. The molecule has 3 nitrogen and oxygen atoms in total. The highest BCUT2D eigenvalue weighted by molar-refractivity contribution is 8.07. The van der Waals surface area contributed by atoms with Gasteiger partial charge in [-0.25, -0.2) is 0 Å². The van der Waals surface area contributed by atoms with Gasteiger partial charge in [0.1, 0.15) is 11.5 Å². The van der Waals surface area contributed by atoms with Gasteiger partial charge < -0.3 is 9.05 Å². The summed E-state index contributed by atoms with van der Waals surface area (Å²) >= 11 is 11.2. The van der Waals surface area contributed by atoms with E-state index in [9.17, 15) is 0 Å². The van der Waals surface area contributed by atoms with Crippen LogP contribution >= 0.6 is 18.3 Å². The summed E-state index contributed by atoms with van der Waals surface area (Å²) in [7, 11) is 0. The average molecular weight is 357 g/mol. The summed E-state index contributed by atoms with van der Waals surface area (Å²) < 4.78 is 17.3. The summed E-state index contributed by atoms with van der Waals surface area (Å²) in [6.45, 7) is 1.27. The second kappa shape index (κ2) is 7.98. The molecule has 22 heavy (non-hydrogen) atoms. The van der Waals surface area contributed by atoms with Crippen molar-refractivity contribution in [3.63, 3.8) is 0 Å². The number of alkyl halides is 1. The van der Waals surface area contributed by atoms with E-state index in [4.69, 9.17) is 37.0 Å². The lowest BCUT2D eigenvalue weighted by molar-refractivity contribution is 0.278. The second-order valence-electron chi connectivity index (χ2n) is 4.79. The zero-order valence-electron chi connectivity index (χ0n) is 12.5. The lowest BCUT2D eigenvalue weighted by Gasteiger charge is -2.22. The summed E-state index contributed by atoms with van der Waals surface area (Å²) in [6.07, 6.45) is 0. The molecule has 0 aliphatic rings. The lowest BCUT2D eigenvalue weighted by atomic mass is 10.2. The Hall–Kier alpha value is -1.06. The van der Waals surface area contributed by atoms with Crippen LogP contribution in [-0.2, 0) is 16.3 Å². The van der Waals surface area contributed by atoms with Gasteiger partial charge in [-0.05, 0) is 49.2 Å². The molecule has 0 spiro atoms. The SMILES string of the molecule is Cc1cccc(OP(=S)(OCCCl)Oc2cccc(C)c2)c1. The van der Waals surface area contributed by atoms with Gasteiger partial charge >= 0.3 is 6.72 Å². The third-order valence-electron chi connectivity index (χ3n) is 2.74. The number of halogens is 1. The molecule has 0 fully saturated rings. The second-order valence-corrected chi connectivity index (χ2v) is 8.02. The molecule has 0 amide bonds. The first-order valence-corrected chi connectivity index (χ1v) is 9.93. The minimum absolute atomic E-state index is 0.274. The third kappa shape index (κ3) is 5.29. The Morgan fingerprint density at radius 1 is 0.955 bits per heavy atom. The van der Waals surface area contributed by atoms with Gasteiger partial charge in [0.25, 0.3) is 0 Å². The average Bonchev–Trinajstić information content (AvgIpc) is 2.45. The molecule has 2 rings (SSSR count). The molecule has 0 aromatic heterocycles. The van der Waals surface area contributed by atoms with Crippen molar-refractivity contribution in [2.45, 2.75) is 13.8 Å². The van der Waals surface area contributed by atoms with Crippen molar-refractivity contribution in [2.24, 2.45) is 0 Å². The zero-order valence-corrected chi connectivity index (χ0v) is 15.0. The Bertz CT molecular complexity index is 626. The Labute approximate surface area is 141 Å². The van der Waals surface area contributed by atoms with Crippen LogP contribution in [0.1, 0.15) is 11.1 Å². The fourth-order valence-electron chi connectivity index (χ4n) is 1.82. The largest absolute Gasteiger partial charge is 0.434 e. The van der Waals surface area contributed by atoms with Crippen LogP contribution in [0.25, 0.3) is 0 Å². The van der Waals surface area contributed by atoms with Crippen molar-refractivity contribution in [3.8, 4) is 11.5 Å². The maximum absolute atomic E-state index is 5.85. The van der Waals surface area contributed by atoms with E-state index in [-0.39, 0.29) is 6.61 Å². The molecule has 0 saturated carbocycles.